The minimum absolute atomic E-state index is 0.137. The van der Waals surface area contributed by atoms with Crippen LogP contribution in [-0.4, -0.2) is 29.6 Å². The van der Waals surface area contributed by atoms with Gasteiger partial charge in [-0.3, -0.25) is 4.99 Å². The van der Waals surface area contributed by atoms with Gasteiger partial charge in [0, 0.05) is 22.9 Å². The maximum absolute atomic E-state index is 14.2. The monoisotopic (exact) mass is 363 g/mol. The number of hydrogen-bond donors (Lipinski definition) is 0. The van der Waals surface area contributed by atoms with Crippen molar-refractivity contribution >= 4 is 17.6 Å². The number of nitrogens with zero attached hydrogens (tertiary/aromatic N) is 3. The van der Waals surface area contributed by atoms with E-state index in [1.807, 2.05) is 12.1 Å². The number of nitriles is 1. The largest absolute Gasteiger partial charge is 0.431 e. The summed E-state index contributed by atoms with van der Waals surface area (Å²) >= 11 is 1.43. The van der Waals surface area contributed by atoms with E-state index < -0.39 is 12.2 Å². The summed E-state index contributed by atoms with van der Waals surface area (Å²) in [5, 5.41) is 9.13. The van der Waals surface area contributed by atoms with Crippen LogP contribution in [0.15, 0.2) is 51.7 Å². The van der Waals surface area contributed by atoms with Gasteiger partial charge >= 0.3 is 6.61 Å². The summed E-state index contributed by atoms with van der Waals surface area (Å²) in [4.78, 5) is 6.85. The fourth-order valence-electron chi connectivity index (χ4n) is 3.38. The second kappa shape index (κ2) is 5.85. The third-order valence-electron chi connectivity index (χ3n) is 4.40. The molecule has 0 unspecified atom stereocenters. The number of amidine groups is 1. The summed E-state index contributed by atoms with van der Waals surface area (Å²) in [5.41, 5.74) is 0.217. The highest BCUT2D eigenvalue weighted by molar-refractivity contribution is 7.99. The molecule has 0 saturated heterocycles. The molecule has 25 heavy (non-hydrogen) atoms. The Balaban J connectivity index is 1.82. The van der Waals surface area contributed by atoms with E-state index in [4.69, 9.17) is 5.26 Å². The highest BCUT2D eigenvalue weighted by atomic mass is 32.2. The van der Waals surface area contributed by atoms with Crippen LogP contribution in [0.1, 0.15) is 12.0 Å². The van der Waals surface area contributed by atoms with Crippen LogP contribution < -0.4 is 0 Å². The van der Waals surface area contributed by atoms with E-state index in [0.717, 1.165) is 5.56 Å². The summed E-state index contributed by atoms with van der Waals surface area (Å²) in [6, 6.07) is 6.79. The molecule has 3 aliphatic heterocycles. The number of hydrogen-bond acceptors (Lipinski definition) is 5. The van der Waals surface area contributed by atoms with E-state index in [1.165, 1.54) is 23.9 Å². The molecule has 3 aliphatic rings. The molecule has 0 aliphatic carbocycles. The van der Waals surface area contributed by atoms with Gasteiger partial charge in [0.05, 0.1) is 12.1 Å². The minimum atomic E-state index is -3.02. The first kappa shape index (κ1) is 16.1. The van der Waals surface area contributed by atoms with Crippen molar-refractivity contribution in [2.24, 2.45) is 4.99 Å². The maximum atomic E-state index is 14.2. The Morgan fingerprint density at radius 3 is 3.00 bits per heavy atom. The Kier molecular flexibility index (Phi) is 3.76. The lowest BCUT2D eigenvalue weighted by Gasteiger charge is -2.33. The molecule has 0 fully saturated rings. The van der Waals surface area contributed by atoms with Gasteiger partial charge in [0.1, 0.15) is 17.4 Å². The van der Waals surface area contributed by atoms with Crippen LogP contribution >= 0.6 is 11.8 Å². The van der Waals surface area contributed by atoms with E-state index in [2.05, 4.69) is 9.73 Å². The molecule has 1 aromatic rings. The smallest absolute Gasteiger partial charge is 0.387 e. The highest BCUT2D eigenvalue weighted by Gasteiger charge is 2.46. The van der Waals surface area contributed by atoms with Crippen LogP contribution in [0, 0.1) is 17.1 Å². The van der Waals surface area contributed by atoms with E-state index in [-0.39, 0.29) is 23.0 Å². The number of fused-ring (bicyclic) bond motifs is 3. The van der Waals surface area contributed by atoms with Gasteiger partial charge in [0.2, 0.25) is 0 Å². The standard InChI is InChI=1S/C17H12F3N3OS/c18-12-3-1-2-11-14(12)25-5-4-17(11)9-23-8-10(7-21)6-13(15(23)22-17)24-16(19)20/h1-3,6,8,16H,4-5,9H2/t17-/m1/s1. The normalized spacial score (nSPS) is 24.3. The van der Waals surface area contributed by atoms with Crippen molar-refractivity contribution in [3.63, 3.8) is 0 Å². The number of halogens is 3. The average Bonchev–Trinajstić information content (AvgIpc) is 2.94. The number of benzene rings is 1. The molecule has 128 valence electrons. The lowest BCUT2D eigenvalue weighted by Crippen LogP contribution is -2.35. The molecule has 0 aromatic heterocycles. The highest BCUT2D eigenvalue weighted by Crippen LogP contribution is 2.47. The first-order valence-electron chi connectivity index (χ1n) is 7.59. The van der Waals surface area contributed by atoms with Gasteiger partial charge in [-0.15, -0.1) is 11.8 Å². The van der Waals surface area contributed by atoms with Crippen LogP contribution in [0.25, 0.3) is 0 Å². The topological polar surface area (TPSA) is 48.6 Å². The first-order valence-corrected chi connectivity index (χ1v) is 8.58. The number of thioether (sulfide) groups is 1. The van der Waals surface area contributed by atoms with Gasteiger partial charge in [-0.1, -0.05) is 12.1 Å². The van der Waals surface area contributed by atoms with E-state index in [1.54, 1.807) is 17.2 Å². The SMILES string of the molecule is N#CC1=CN2C[C@@]3(CCSc4c(F)cccc43)N=C2C(OC(F)F)=C1. The number of ether oxygens (including phenoxy) is 1. The van der Waals surface area contributed by atoms with Crippen LogP contribution in [0.5, 0.6) is 0 Å². The van der Waals surface area contributed by atoms with Crippen LogP contribution in [0.4, 0.5) is 13.2 Å². The van der Waals surface area contributed by atoms with Crippen LogP contribution in [0.3, 0.4) is 0 Å². The summed E-state index contributed by atoms with van der Waals surface area (Å²) in [7, 11) is 0. The van der Waals surface area contributed by atoms with Crippen molar-refractivity contribution < 1.29 is 17.9 Å². The molecule has 1 aromatic carbocycles. The Bertz CT molecular complexity index is 874. The van der Waals surface area contributed by atoms with Crippen molar-refractivity contribution in [1.82, 2.24) is 4.90 Å². The summed E-state index contributed by atoms with van der Waals surface area (Å²) in [5.74, 6) is 0.477. The lowest BCUT2D eigenvalue weighted by atomic mass is 9.87. The Morgan fingerprint density at radius 2 is 2.24 bits per heavy atom. The third-order valence-corrected chi connectivity index (χ3v) is 5.51. The van der Waals surface area contributed by atoms with Crippen molar-refractivity contribution in [2.45, 2.75) is 23.5 Å². The molecular weight excluding hydrogens is 351 g/mol. The number of allylic oxidation sites excluding steroid dienone is 2. The number of alkyl halides is 2. The third kappa shape index (κ3) is 2.59. The second-order valence-electron chi connectivity index (χ2n) is 5.89. The zero-order valence-corrected chi connectivity index (χ0v) is 13.7. The van der Waals surface area contributed by atoms with E-state index in [9.17, 15) is 13.2 Å². The summed E-state index contributed by atoms with van der Waals surface area (Å²) in [6.07, 6.45) is 3.46. The van der Waals surface area contributed by atoms with Crippen molar-refractivity contribution in [3.05, 3.63) is 53.2 Å². The Morgan fingerprint density at radius 1 is 1.40 bits per heavy atom. The first-order chi connectivity index (χ1) is 12.0. The fourth-order valence-corrected chi connectivity index (χ4v) is 4.64. The molecule has 4 nitrogen and oxygen atoms in total. The molecule has 1 spiro atoms. The van der Waals surface area contributed by atoms with Gasteiger partial charge in [0.25, 0.3) is 0 Å². The van der Waals surface area contributed by atoms with Gasteiger partial charge in [-0.2, -0.15) is 14.0 Å². The van der Waals surface area contributed by atoms with E-state index in [0.29, 0.717) is 23.6 Å². The zero-order valence-electron chi connectivity index (χ0n) is 12.9. The van der Waals surface area contributed by atoms with Gasteiger partial charge in [-0.05, 0) is 18.1 Å². The predicted molar refractivity (Wildman–Crippen MR) is 86.4 cm³/mol. The van der Waals surface area contributed by atoms with Gasteiger partial charge in [-0.25, -0.2) is 4.39 Å². The number of rotatable bonds is 2. The molecule has 4 rings (SSSR count). The molecule has 3 heterocycles. The molecule has 0 bridgehead atoms. The van der Waals surface area contributed by atoms with Gasteiger partial charge < -0.3 is 9.64 Å². The van der Waals surface area contributed by atoms with Crippen molar-refractivity contribution in [2.75, 3.05) is 12.3 Å². The predicted octanol–water partition coefficient (Wildman–Crippen LogP) is 3.78. The van der Waals surface area contributed by atoms with Gasteiger partial charge in [0.15, 0.2) is 11.6 Å². The Hall–Kier alpha value is -2.40. The molecule has 0 saturated carbocycles. The van der Waals surface area contributed by atoms with Crippen LogP contribution in [-0.2, 0) is 10.3 Å². The lowest BCUT2D eigenvalue weighted by molar-refractivity contribution is -0.0906. The molecule has 0 N–H and O–H groups in total. The maximum Gasteiger partial charge on any atom is 0.387 e. The number of aliphatic imine (C=N–C) groups is 1. The minimum Gasteiger partial charge on any atom is -0.431 e. The van der Waals surface area contributed by atoms with Crippen LogP contribution in [0.2, 0.25) is 0 Å². The molecule has 0 radical (unpaired) electrons. The molecular formula is C17H12F3N3OS. The van der Waals surface area contributed by atoms with Crippen molar-refractivity contribution in [1.29, 1.82) is 5.26 Å². The van der Waals surface area contributed by atoms with Crippen molar-refractivity contribution in [3.8, 4) is 6.07 Å². The molecule has 1 atom stereocenters. The second-order valence-corrected chi connectivity index (χ2v) is 7.00. The fraction of sp³-hybridized carbons (Fsp3) is 0.294. The average molecular weight is 363 g/mol. The van der Waals surface area contributed by atoms with E-state index >= 15 is 0 Å². The molecule has 8 heteroatoms. The summed E-state index contributed by atoms with van der Waals surface area (Å²) < 4.78 is 44.2. The Labute approximate surface area is 146 Å². The molecule has 0 amide bonds. The quantitative estimate of drug-likeness (QED) is 0.803. The summed E-state index contributed by atoms with van der Waals surface area (Å²) in [6.45, 7) is -2.66. The zero-order chi connectivity index (χ0) is 17.6.